The molecule has 0 unspecified atom stereocenters. The SMILES string of the molecule is O=[N+]([O-])c1ccc(OC2(c3ccc(F)c(F)c3)CCOCC2)cc1. The Bertz CT molecular complexity index is 743. The molecule has 24 heavy (non-hydrogen) atoms. The van der Waals surface area contributed by atoms with E-state index in [4.69, 9.17) is 9.47 Å². The molecule has 3 rings (SSSR count). The van der Waals surface area contributed by atoms with Gasteiger partial charge in [-0.15, -0.1) is 0 Å². The molecule has 1 fully saturated rings. The van der Waals surface area contributed by atoms with E-state index in [1.54, 1.807) is 0 Å². The van der Waals surface area contributed by atoms with Crippen LogP contribution in [0.15, 0.2) is 42.5 Å². The van der Waals surface area contributed by atoms with E-state index >= 15 is 0 Å². The minimum atomic E-state index is -0.939. The molecule has 0 amide bonds. The van der Waals surface area contributed by atoms with E-state index in [1.165, 1.54) is 30.3 Å². The molecule has 0 radical (unpaired) electrons. The highest BCUT2D eigenvalue weighted by molar-refractivity contribution is 5.37. The van der Waals surface area contributed by atoms with Gasteiger partial charge < -0.3 is 9.47 Å². The first-order chi connectivity index (χ1) is 11.5. The Labute approximate surface area is 137 Å². The normalized spacial score (nSPS) is 16.6. The molecule has 0 aromatic heterocycles. The highest BCUT2D eigenvalue weighted by atomic mass is 19.2. The summed E-state index contributed by atoms with van der Waals surface area (Å²) in [6, 6.07) is 9.37. The van der Waals surface area contributed by atoms with Gasteiger partial charge in [-0.05, 0) is 29.8 Å². The molecule has 2 aromatic carbocycles. The van der Waals surface area contributed by atoms with E-state index < -0.39 is 22.2 Å². The van der Waals surface area contributed by atoms with Crippen LogP contribution in [0.3, 0.4) is 0 Å². The number of nitro benzene ring substituents is 1. The second-order valence-corrected chi connectivity index (χ2v) is 5.59. The summed E-state index contributed by atoms with van der Waals surface area (Å²) in [5, 5.41) is 10.7. The van der Waals surface area contributed by atoms with Crippen molar-refractivity contribution in [2.24, 2.45) is 0 Å². The number of hydrogen-bond donors (Lipinski definition) is 0. The fourth-order valence-electron chi connectivity index (χ4n) is 2.79. The number of nitrogens with zero attached hydrogens (tertiary/aromatic N) is 1. The molecule has 126 valence electrons. The fraction of sp³-hybridized carbons (Fsp3) is 0.294. The molecule has 0 bridgehead atoms. The van der Waals surface area contributed by atoms with Gasteiger partial charge in [0.05, 0.1) is 18.1 Å². The van der Waals surface area contributed by atoms with Crippen LogP contribution in [-0.4, -0.2) is 18.1 Å². The van der Waals surface area contributed by atoms with Gasteiger partial charge in [-0.1, -0.05) is 6.07 Å². The largest absolute Gasteiger partial charge is 0.482 e. The molecule has 0 aliphatic carbocycles. The molecule has 7 heteroatoms. The van der Waals surface area contributed by atoms with Gasteiger partial charge >= 0.3 is 0 Å². The predicted octanol–water partition coefficient (Wildman–Crippen LogP) is 3.96. The maximum absolute atomic E-state index is 13.6. The minimum absolute atomic E-state index is 0.0452. The predicted molar refractivity (Wildman–Crippen MR) is 81.8 cm³/mol. The Morgan fingerprint density at radius 3 is 2.29 bits per heavy atom. The third kappa shape index (κ3) is 3.21. The zero-order valence-electron chi connectivity index (χ0n) is 12.7. The molecule has 1 aliphatic rings. The molecule has 2 aromatic rings. The lowest BCUT2D eigenvalue weighted by Crippen LogP contribution is -2.39. The lowest BCUT2D eigenvalue weighted by molar-refractivity contribution is -0.384. The molecule has 1 aliphatic heterocycles. The average Bonchev–Trinajstić information content (AvgIpc) is 2.58. The van der Waals surface area contributed by atoms with Crippen molar-refractivity contribution >= 4 is 5.69 Å². The van der Waals surface area contributed by atoms with Crippen molar-refractivity contribution < 1.29 is 23.2 Å². The van der Waals surface area contributed by atoms with Gasteiger partial charge in [0.25, 0.3) is 5.69 Å². The summed E-state index contributed by atoms with van der Waals surface area (Å²) >= 11 is 0. The molecule has 1 saturated heterocycles. The van der Waals surface area contributed by atoms with Gasteiger partial charge in [-0.3, -0.25) is 10.1 Å². The van der Waals surface area contributed by atoms with Crippen LogP contribution in [-0.2, 0) is 10.3 Å². The number of benzene rings is 2. The average molecular weight is 335 g/mol. The van der Waals surface area contributed by atoms with Crippen LogP contribution in [0.2, 0.25) is 0 Å². The van der Waals surface area contributed by atoms with Gasteiger partial charge in [0.1, 0.15) is 11.4 Å². The Hall–Kier alpha value is -2.54. The standard InChI is InChI=1S/C17H15F2NO4/c18-15-6-1-12(11-16(15)19)17(7-9-23-10-8-17)24-14-4-2-13(3-5-14)20(21)22/h1-6,11H,7-10H2. The van der Waals surface area contributed by atoms with Crippen LogP contribution in [0.5, 0.6) is 5.75 Å². The first-order valence-corrected chi connectivity index (χ1v) is 7.47. The molecule has 0 atom stereocenters. The van der Waals surface area contributed by atoms with Crippen molar-refractivity contribution in [2.75, 3.05) is 13.2 Å². The molecular formula is C17H15F2NO4. The van der Waals surface area contributed by atoms with Crippen LogP contribution in [0.4, 0.5) is 14.5 Å². The maximum Gasteiger partial charge on any atom is 0.269 e. The van der Waals surface area contributed by atoms with Gasteiger partial charge in [-0.2, -0.15) is 0 Å². The van der Waals surface area contributed by atoms with Crippen molar-refractivity contribution in [2.45, 2.75) is 18.4 Å². The van der Waals surface area contributed by atoms with E-state index in [0.717, 1.165) is 12.1 Å². The second kappa shape index (κ2) is 6.52. The quantitative estimate of drug-likeness (QED) is 0.627. The summed E-state index contributed by atoms with van der Waals surface area (Å²) in [7, 11) is 0. The van der Waals surface area contributed by atoms with Gasteiger partial charge in [-0.25, -0.2) is 8.78 Å². The summed E-state index contributed by atoms with van der Waals surface area (Å²) in [6.07, 6.45) is 0.935. The molecular weight excluding hydrogens is 320 g/mol. The van der Waals surface area contributed by atoms with Crippen LogP contribution in [0, 0.1) is 21.7 Å². The van der Waals surface area contributed by atoms with E-state index in [9.17, 15) is 18.9 Å². The zero-order valence-corrected chi connectivity index (χ0v) is 12.7. The van der Waals surface area contributed by atoms with Crippen molar-refractivity contribution in [3.8, 4) is 5.75 Å². The number of halogens is 2. The summed E-state index contributed by atoms with van der Waals surface area (Å²) in [6.45, 7) is 0.845. The molecule has 5 nitrogen and oxygen atoms in total. The molecule has 0 spiro atoms. The number of rotatable bonds is 4. The Morgan fingerprint density at radius 2 is 1.71 bits per heavy atom. The Balaban J connectivity index is 1.93. The van der Waals surface area contributed by atoms with Crippen LogP contribution < -0.4 is 4.74 Å². The first-order valence-electron chi connectivity index (χ1n) is 7.47. The topological polar surface area (TPSA) is 61.6 Å². The smallest absolute Gasteiger partial charge is 0.269 e. The molecule has 0 saturated carbocycles. The number of nitro groups is 1. The van der Waals surface area contributed by atoms with Crippen molar-refractivity contribution in [1.29, 1.82) is 0 Å². The third-order valence-electron chi connectivity index (χ3n) is 4.11. The number of ether oxygens (including phenoxy) is 2. The highest BCUT2D eigenvalue weighted by Crippen LogP contribution is 2.38. The van der Waals surface area contributed by atoms with Crippen molar-refractivity contribution in [3.05, 3.63) is 69.8 Å². The minimum Gasteiger partial charge on any atom is -0.482 e. The summed E-state index contributed by atoms with van der Waals surface area (Å²) < 4.78 is 38.3. The molecule has 0 N–H and O–H groups in total. The van der Waals surface area contributed by atoms with E-state index in [0.29, 0.717) is 37.4 Å². The van der Waals surface area contributed by atoms with Crippen LogP contribution in [0.1, 0.15) is 18.4 Å². The second-order valence-electron chi connectivity index (χ2n) is 5.59. The third-order valence-corrected chi connectivity index (χ3v) is 4.11. The lowest BCUT2D eigenvalue weighted by atomic mass is 9.86. The van der Waals surface area contributed by atoms with E-state index in [1.807, 2.05) is 0 Å². The van der Waals surface area contributed by atoms with Crippen molar-refractivity contribution in [1.82, 2.24) is 0 Å². The molecule has 1 heterocycles. The van der Waals surface area contributed by atoms with Crippen LogP contribution >= 0.6 is 0 Å². The number of non-ortho nitro benzene ring substituents is 1. The van der Waals surface area contributed by atoms with Crippen LogP contribution in [0.25, 0.3) is 0 Å². The van der Waals surface area contributed by atoms with Crippen molar-refractivity contribution in [3.63, 3.8) is 0 Å². The Morgan fingerprint density at radius 1 is 1.04 bits per heavy atom. The maximum atomic E-state index is 13.6. The monoisotopic (exact) mass is 335 g/mol. The summed E-state index contributed by atoms with van der Waals surface area (Å²) in [5.41, 5.74) is -0.387. The lowest BCUT2D eigenvalue weighted by Gasteiger charge is -2.38. The van der Waals surface area contributed by atoms with Gasteiger partial charge in [0, 0.05) is 25.0 Å². The van der Waals surface area contributed by atoms with Gasteiger partial charge in [0.15, 0.2) is 11.6 Å². The highest BCUT2D eigenvalue weighted by Gasteiger charge is 2.37. The number of hydrogen-bond acceptors (Lipinski definition) is 4. The first kappa shape index (κ1) is 16.3. The summed E-state index contributed by atoms with van der Waals surface area (Å²) in [5.74, 6) is -1.44. The van der Waals surface area contributed by atoms with E-state index in [2.05, 4.69) is 0 Å². The summed E-state index contributed by atoms with van der Waals surface area (Å²) in [4.78, 5) is 10.2. The fourth-order valence-corrected chi connectivity index (χ4v) is 2.79. The Kier molecular flexibility index (Phi) is 4.44. The van der Waals surface area contributed by atoms with Gasteiger partial charge in [0.2, 0.25) is 0 Å². The van der Waals surface area contributed by atoms with E-state index in [-0.39, 0.29) is 5.69 Å². The zero-order chi connectivity index (χ0) is 17.2.